The lowest BCUT2D eigenvalue weighted by Crippen LogP contribution is -2.44. The molecule has 0 atom stereocenters. The predicted molar refractivity (Wildman–Crippen MR) is 117 cm³/mol. The van der Waals surface area contributed by atoms with Gasteiger partial charge in [0.25, 0.3) is 5.56 Å². The molecule has 0 saturated carbocycles. The van der Waals surface area contributed by atoms with Gasteiger partial charge in [0.05, 0.1) is 24.9 Å². The topological polar surface area (TPSA) is 86.1 Å². The van der Waals surface area contributed by atoms with Crippen LogP contribution in [-0.4, -0.2) is 53.6 Å². The average Bonchev–Trinajstić information content (AvgIpc) is 2.73. The van der Waals surface area contributed by atoms with E-state index in [1.165, 1.54) is 16.7 Å². The van der Waals surface area contributed by atoms with Gasteiger partial charge in [-0.2, -0.15) is 0 Å². The van der Waals surface area contributed by atoms with Crippen molar-refractivity contribution in [2.24, 2.45) is 0 Å². The van der Waals surface area contributed by atoms with E-state index in [0.29, 0.717) is 36.7 Å². The van der Waals surface area contributed by atoms with Crippen LogP contribution in [-0.2, 0) is 17.7 Å². The second-order valence-corrected chi connectivity index (χ2v) is 8.21. The van der Waals surface area contributed by atoms with E-state index in [2.05, 4.69) is 0 Å². The maximum atomic E-state index is 13.2. The number of aromatic nitrogens is 2. The number of hydrogen-bond acceptors (Lipinski definition) is 7. The lowest BCUT2D eigenvalue weighted by atomic mass is 10.1. The fourth-order valence-electron chi connectivity index (χ4n) is 3.47. The molecule has 2 aromatic rings. The highest BCUT2D eigenvalue weighted by Crippen LogP contribution is 2.27. The first-order valence-corrected chi connectivity index (χ1v) is 10.3. The molecule has 2 heterocycles. The number of ether oxygens (including phenoxy) is 2. The van der Waals surface area contributed by atoms with Gasteiger partial charge in [-0.3, -0.25) is 4.79 Å². The molecule has 9 heteroatoms. The Kier molecular flexibility index (Phi) is 6.42. The van der Waals surface area contributed by atoms with Crippen LogP contribution in [0.25, 0.3) is 0 Å². The maximum absolute atomic E-state index is 13.2. The minimum Gasteiger partial charge on any atom is -0.497 e. The third-order valence-corrected chi connectivity index (χ3v) is 4.95. The summed E-state index contributed by atoms with van der Waals surface area (Å²) in [5, 5.41) is 0. The SMILES string of the molecule is CCN(c1ccc(OC)cc1)c1nc2c(c(=O)n1OC)CN(C(=O)OC(C)(C)C)CC2. The molecule has 0 fully saturated rings. The number of amides is 1. The van der Waals surface area contributed by atoms with Crippen molar-refractivity contribution in [2.45, 2.75) is 46.3 Å². The molecule has 31 heavy (non-hydrogen) atoms. The van der Waals surface area contributed by atoms with Gasteiger partial charge in [0, 0.05) is 25.2 Å². The molecule has 1 aromatic carbocycles. The van der Waals surface area contributed by atoms with E-state index in [9.17, 15) is 9.59 Å². The zero-order valence-electron chi connectivity index (χ0n) is 19.0. The van der Waals surface area contributed by atoms with Gasteiger partial charge in [0.2, 0.25) is 5.95 Å². The van der Waals surface area contributed by atoms with Gasteiger partial charge in [-0.15, -0.1) is 4.73 Å². The molecule has 1 aromatic heterocycles. The lowest BCUT2D eigenvalue weighted by Gasteiger charge is -2.32. The third-order valence-electron chi connectivity index (χ3n) is 4.95. The van der Waals surface area contributed by atoms with E-state index in [4.69, 9.17) is 19.3 Å². The summed E-state index contributed by atoms with van der Waals surface area (Å²) >= 11 is 0. The summed E-state index contributed by atoms with van der Waals surface area (Å²) in [4.78, 5) is 39.3. The lowest BCUT2D eigenvalue weighted by molar-refractivity contribution is 0.0219. The third kappa shape index (κ3) is 4.76. The van der Waals surface area contributed by atoms with Crippen LogP contribution >= 0.6 is 0 Å². The van der Waals surface area contributed by atoms with Crippen molar-refractivity contribution >= 4 is 17.7 Å². The highest BCUT2D eigenvalue weighted by molar-refractivity contribution is 5.68. The molecule has 0 radical (unpaired) electrons. The number of rotatable bonds is 5. The number of hydrogen-bond donors (Lipinski definition) is 0. The second kappa shape index (κ2) is 8.87. The summed E-state index contributed by atoms with van der Waals surface area (Å²) in [7, 11) is 3.04. The van der Waals surface area contributed by atoms with E-state index in [1.54, 1.807) is 7.11 Å². The Hall–Kier alpha value is -3.23. The van der Waals surface area contributed by atoms with E-state index >= 15 is 0 Å². The van der Waals surface area contributed by atoms with E-state index in [-0.39, 0.29) is 12.1 Å². The Labute approximate surface area is 182 Å². The minimum absolute atomic E-state index is 0.133. The number of benzene rings is 1. The molecule has 1 amide bonds. The van der Waals surface area contributed by atoms with Crippen LogP contribution < -0.4 is 20.0 Å². The van der Waals surface area contributed by atoms with E-state index < -0.39 is 11.7 Å². The van der Waals surface area contributed by atoms with Gasteiger partial charge in [-0.05, 0) is 52.0 Å². The summed E-state index contributed by atoms with van der Waals surface area (Å²) in [6.07, 6.45) is 0.0145. The average molecular weight is 431 g/mol. The van der Waals surface area contributed by atoms with Gasteiger partial charge >= 0.3 is 6.09 Å². The predicted octanol–water partition coefficient (Wildman–Crippen LogP) is 2.76. The fraction of sp³-hybridized carbons (Fsp3) is 0.500. The Morgan fingerprint density at radius 2 is 1.87 bits per heavy atom. The quantitative estimate of drug-likeness (QED) is 0.721. The van der Waals surface area contributed by atoms with Crippen molar-refractivity contribution in [1.82, 2.24) is 14.6 Å². The van der Waals surface area contributed by atoms with E-state index in [1.807, 2.05) is 56.9 Å². The molecule has 0 spiro atoms. The largest absolute Gasteiger partial charge is 0.497 e. The van der Waals surface area contributed by atoms with Crippen LogP contribution in [0.15, 0.2) is 29.1 Å². The zero-order valence-corrected chi connectivity index (χ0v) is 19.0. The summed E-state index contributed by atoms with van der Waals surface area (Å²) < 4.78 is 11.9. The summed E-state index contributed by atoms with van der Waals surface area (Å²) in [5.41, 5.74) is 1.02. The Morgan fingerprint density at radius 3 is 2.42 bits per heavy atom. The Morgan fingerprint density at radius 1 is 1.19 bits per heavy atom. The van der Waals surface area contributed by atoms with Crippen LogP contribution in [0.3, 0.4) is 0 Å². The molecule has 9 nitrogen and oxygen atoms in total. The number of nitrogens with zero attached hydrogens (tertiary/aromatic N) is 4. The first kappa shape index (κ1) is 22.5. The van der Waals surface area contributed by atoms with Crippen LogP contribution in [0.4, 0.5) is 16.4 Å². The molecule has 0 aliphatic carbocycles. The minimum atomic E-state index is -0.605. The molecule has 0 N–H and O–H groups in total. The molecule has 1 aliphatic rings. The highest BCUT2D eigenvalue weighted by atomic mass is 16.7. The van der Waals surface area contributed by atoms with Gasteiger partial charge in [0.15, 0.2) is 0 Å². The van der Waals surface area contributed by atoms with Crippen molar-refractivity contribution in [3.05, 3.63) is 45.9 Å². The standard InChI is InChI=1S/C22H30N4O5/c1-7-25(15-8-10-16(29-5)11-9-15)20-23-18-12-13-24(21(28)31-22(2,3)4)14-17(18)19(27)26(20)30-6/h8-11H,7,12-14H2,1-6H3. The fourth-order valence-corrected chi connectivity index (χ4v) is 3.47. The number of carbonyl (C=O) groups excluding carboxylic acids is 1. The summed E-state index contributed by atoms with van der Waals surface area (Å²) in [5.74, 6) is 1.13. The number of fused-ring (bicyclic) bond motifs is 1. The first-order chi connectivity index (χ1) is 14.7. The van der Waals surface area contributed by atoms with Crippen molar-refractivity contribution in [3.8, 4) is 5.75 Å². The first-order valence-electron chi connectivity index (χ1n) is 10.3. The summed E-state index contributed by atoms with van der Waals surface area (Å²) in [6.45, 7) is 8.55. The van der Waals surface area contributed by atoms with E-state index in [0.717, 1.165) is 11.4 Å². The van der Waals surface area contributed by atoms with Crippen molar-refractivity contribution in [2.75, 3.05) is 32.2 Å². The Balaban J connectivity index is 1.97. The molecule has 1 aliphatic heterocycles. The molecule has 3 rings (SSSR count). The second-order valence-electron chi connectivity index (χ2n) is 8.21. The molecule has 0 unspecified atom stereocenters. The number of anilines is 2. The Bertz CT molecular complexity index is 995. The number of methoxy groups -OCH3 is 1. The normalized spacial score (nSPS) is 13.4. The smallest absolute Gasteiger partial charge is 0.410 e. The summed E-state index contributed by atoms with van der Waals surface area (Å²) in [6, 6.07) is 7.51. The van der Waals surface area contributed by atoms with Gasteiger partial charge in [-0.25, -0.2) is 9.78 Å². The van der Waals surface area contributed by atoms with Crippen LogP contribution in [0.2, 0.25) is 0 Å². The van der Waals surface area contributed by atoms with Crippen LogP contribution in [0.5, 0.6) is 5.75 Å². The maximum Gasteiger partial charge on any atom is 0.410 e. The molecular weight excluding hydrogens is 400 g/mol. The van der Waals surface area contributed by atoms with Crippen LogP contribution in [0.1, 0.15) is 39.0 Å². The van der Waals surface area contributed by atoms with Gasteiger partial charge in [0.1, 0.15) is 18.5 Å². The van der Waals surface area contributed by atoms with Gasteiger partial charge in [-0.1, -0.05) is 0 Å². The van der Waals surface area contributed by atoms with Gasteiger partial charge < -0.3 is 24.1 Å². The zero-order chi connectivity index (χ0) is 22.8. The molecular formula is C22H30N4O5. The molecule has 168 valence electrons. The molecule has 0 saturated heterocycles. The van der Waals surface area contributed by atoms with Crippen molar-refractivity contribution in [1.29, 1.82) is 0 Å². The highest BCUT2D eigenvalue weighted by Gasteiger charge is 2.30. The van der Waals surface area contributed by atoms with Crippen molar-refractivity contribution < 1.29 is 19.1 Å². The molecule has 0 bridgehead atoms. The van der Waals surface area contributed by atoms with Crippen molar-refractivity contribution in [3.63, 3.8) is 0 Å². The number of carbonyl (C=O) groups is 1. The monoisotopic (exact) mass is 430 g/mol. The van der Waals surface area contributed by atoms with Crippen LogP contribution in [0, 0.1) is 0 Å².